The third-order valence-electron chi connectivity index (χ3n) is 2.31. The lowest BCUT2D eigenvalue weighted by Crippen LogP contribution is -2.43. The van der Waals surface area contributed by atoms with Crippen molar-refractivity contribution in [3.63, 3.8) is 0 Å². The van der Waals surface area contributed by atoms with Crippen LogP contribution in [0.3, 0.4) is 0 Å². The van der Waals surface area contributed by atoms with Crippen LogP contribution in [-0.2, 0) is 9.59 Å². The van der Waals surface area contributed by atoms with Crippen molar-refractivity contribution in [1.29, 1.82) is 5.26 Å². The first-order chi connectivity index (χ1) is 8.06. The number of rotatable bonds is 4. The molecule has 3 N–H and O–H groups in total. The Kier molecular flexibility index (Phi) is 4.23. The first-order valence-electron chi connectivity index (χ1n) is 5.10. The van der Waals surface area contributed by atoms with Crippen molar-refractivity contribution >= 4 is 11.8 Å². The number of carbonyl (C=O) groups excluding carboxylic acids is 2. The maximum atomic E-state index is 11.7. The number of nitrogens with two attached hydrogens (primary N) is 1. The van der Waals surface area contributed by atoms with Crippen LogP contribution < -0.4 is 11.1 Å². The van der Waals surface area contributed by atoms with E-state index in [9.17, 15) is 9.59 Å². The van der Waals surface area contributed by atoms with E-state index in [1.807, 2.05) is 6.07 Å². The lowest BCUT2D eigenvalue weighted by atomic mass is 9.99. The number of hydrogen-bond acceptors (Lipinski definition) is 3. The summed E-state index contributed by atoms with van der Waals surface area (Å²) in [5.74, 6) is -2.09. The summed E-state index contributed by atoms with van der Waals surface area (Å²) < 4.78 is 0. The molecule has 0 saturated carbocycles. The predicted molar refractivity (Wildman–Crippen MR) is 61.6 cm³/mol. The molecule has 88 valence electrons. The second-order valence-corrected chi connectivity index (χ2v) is 3.61. The van der Waals surface area contributed by atoms with Crippen molar-refractivity contribution in [2.75, 3.05) is 0 Å². The summed E-state index contributed by atoms with van der Waals surface area (Å²) in [6.45, 7) is 1.47. The lowest BCUT2D eigenvalue weighted by Gasteiger charge is -2.13. The van der Waals surface area contributed by atoms with Gasteiger partial charge in [-0.3, -0.25) is 9.59 Å². The van der Waals surface area contributed by atoms with Crippen LogP contribution in [0, 0.1) is 11.3 Å². The zero-order chi connectivity index (χ0) is 12.8. The zero-order valence-corrected chi connectivity index (χ0v) is 9.38. The highest BCUT2D eigenvalue weighted by Gasteiger charge is 2.22. The van der Waals surface area contributed by atoms with Gasteiger partial charge in [0.05, 0.1) is 6.07 Å². The molecule has 0 spiro atoms. The van der Waals surface area contributed by atoms with Gasteiger partial charge in [0.25, 0.3) is 0 Å². The van der Waals surface area contributed by atoms with Gasteiger partial charge >= 0.3 is 0 Å². The maximum absolute atomic E-state index is 11.7. The molecule has 2 amide bonds. The van der Waals surface area contributed by atoms with Crippen molar-refractivity contribution in [2.24, 2.45) is 5.73 Å². The molecule has 0 radical (unpaired) electrons. The minimum absolute atomic E-state index is 0.523. The number of amides is 2. The number of nitrogens with one attached hydrogen (secondary N) is 1. The summed E-state index contributed by atoms with van der Waals surface area (Å²) in [6.07, 6.45) is 0. The van der Waals surface area contributed by atoms with E-state index >= 15 is 0 Å². The minimum Gasteiger partial charge on any atom is -0.368 e. The first-order valence-corrected chi connectivity index (χ1v) is 5.10. The molecule has 17 heavy (non-hydrogen) atoms. The van der Waals surface area contributed by atoms with Crippen LogP contribution >= 0.6 is 0 Å². The molecule has 0 aliphatic carbocycles. The van der Waals surface area contributed by atoms with Gasteiger partial charge in [-0.15, -0.1) is 0 Å². The Morgan fingerprint density at radius 2 is 1.94 bits per heavy atom. The van der Waals surface area contributed by atoms with Crippen LogP contribution in [0.15, 0.2) is 30.3 Å². The van der Waals surface area contributed by atoms with E-state index in [2.05, 4.69) is 5.32 Å². The summed E-state index contributed by atoms with van der Waals surface area (Å²) in [5, 5.41) is 11.4. The highest BCUT2D eigenvalue weighted by atomic mass is 16.2. The van der Waals surface area contributed by atoms with Gasteiger partial charge in [-0.2, -0.15) is 5.26 Å². The molecule has 2 unspecified atom stereocenters. The second-order valence-electron chi connectivity index (χ2n) is 3.61. The molecule has 0 aromatic heterocycles. The van der Waals surface area contributed by atoms with Gasteiger partial charge in [0, 0.05) is 0 Å². The molecule has 1 aromatic carbocycles. The van der Waals surface area contributed by atoms with Gasteiger partial charge in [-0.05, 0) is 12.5 Å². The summed E-state index contributed by atoms with van der Waals surface area (Å²) >= 11 is 0. The molecule has 0 aliphatic heterocycles. The summed E-state index contributed by atoms with van der Waals surface area (Å²) in [6, 6.07) is 9.75. The third-order valence-corrected chi connectivity index (χ3v) is 2.31. The molecule has 0 bridgehead atoms. The van der Waals surface area contributed by atoms with Gasteiger partial charge in [0.1, 0.15) is 12.0 Å². The number of primary amides is 1. The van der Waals surface area contributed by atoms with E-state index in [-0.39, 0.29) is 0 Å². The van der Waals surface area contributed by atoms with Crippen molar-refractivity contribution in [3.05, 3.63) is 35.9 Å². The fourth-order valence-corrected chi connectivity index (χ4v) is 1.30. The van der Waals surface area contributed by atoms with E-state index in [0.717, 1.165) is 0 Å². The Hall–Kier alpha value is -2.35. The molecular formula is C12H13N3O2. The van der Waals surface area contributed by atoms with Crippen LogP contribution in [0.4, 0.5) is 0 Å². The third kappa shape index (κ3) is 3.31. The molecule has 0 saturated heterocycles. The number of benzene rings is 1. The van der Waals surface area contributed by atoms with Crippen LogP contribution in [0.25, 0.3) is 0 Å². The molecule has 0 aliphatic rings. The largest absolute Gasteiger partial charge is 0.368 e. The quantitative estimate of drug-likeness (QED) is 0.779. The Labute approximate surface area is 99.2 Å². The smallest absolute Gasteiger partial charge is 0.242 e. The number of carbonyl (C=O) groups is 2. The normalized spacial score (nSPS) is 13.2. The number of nitrogens with zero attached hydrogens (tertiary/aromatic N) is 1. The van der Waals surface area contributed by atoms with Gasteiger partial charge in [-0.25, -0.2) is 0 Å². The van der Waals surface area contributed by atoms with Crippen LogP contribution in [0.2, 0.25) is 0 Å². The minimum atomic E-state index is -0.932. The Bertz CT molecular complexity index is 451. The van der Waals surface area contributed by atoms with Crippen molar-refractivity contribution < 1.29 is 9.59 Å². The Morgan fingerprint density at radius 1 is 1.35 bits per heavy atom. The number of hydrogen-bond donors (Lipinski definition) is 2. The first kappa shape index (κ1) is 12.7. The van der Waals surface area contributed by atoms with Crippen LogP contribution in [0.5, 0.6) is 0 Å². The standard InChI is InChI=1S/C12H13N3O2/c1-8(11(14)16)15-12(17)10(7-13)9-5-3-2-4-6-9/h2-6,8,10H,1H3,(H2,14,16)(H,15,17). The van der Waals surface area contributed by atoms with E-state index in [0.29, 0.717) is 5.56 Å². The lowest BCUT2D eigenvalue weighted by molar-refractivity contribution is -0.127. The highest BCUT2D eigenvalue weighted by Crippen LogP contribution is 2.14. The van der Waals surface area contributed by atoms with Crippen molar-refractivity contribution in [3.8, 4) is 6.07 Å². The molecule has 5 nitrogen and oxygen atoms in total. The Balaban J connectivity index is 2.80. The van der Waals surface area contributed by atoms with E-state index in [1.165, 1.54) is 6.92 Å². The van der Waals surface area contributed by atoms with Crippen molar-refractivity contribution in [1.82, 2.24) is 5.32 Å². The average Bonchev–Trinajstić information content (AvgIpc) is 2.31. The van der Waals surface area contributed by atoms with Gasteiger partial charge < -0.3 is 11.1 Å². The molecule has 0 heterocycles. The second kappa shape index (κ2) is 5.66. The molecule has 2 atom stereocenters. The topological polar surface area (TPSA) is 96.0 Å². The van der Waals surface area contributed by atoms with Gasteiger partial charge in [0.2, 0.25) is 11.8 Å². The summed E-state index contributed by atoms with van der Waals surface area (Å²) in [5.41, 5.74) is 5.62. The predicted octanol–water partition coefficient (Wildman–Crippen LogP) is 0.284. The fraction of sp³-hybridized carbons (Fsp3) is 0.250. The highest BCUT2D eigenvalue weighted by molar-refractivity contribution is 5.91. The monoisotopic (exact) mass is 231 g/mol. The molecule has 1 aromatic rings. The fourth-order valence-electron chi connectivity index (χ4n) is 1.30. The Morgan fingerprint density at radius 3 is 2.41 bits per heavy atom. The van der Waals surface area contributed by atoms with Crippen LogP contribution in [0.1, 0.15) is 18.4 Å². The van der Waals surface area contributed by atoms with Crippen molar-refractivity contribution in [2.45, 2.75) is 18.9 Å². The molecular weight excluding hydrogens is 218 g/mol. The van der Waals surface area contributed by atoms with E-state index in [4.69, 9.17) is 11.0 Å². The molecule has 5 heteroatoms. The van der Waals surface area contributed by atoms with E-state index in [1.54, 1.807) is 30.3 Å². The van der Waals surface area contributed by atoms with Gasteiger partial charge in [0.15, 0.2) is 0 Å². The van der Waals surface area contributed by atoms with Gasteiger partial charge in [-0.1, -0.05) is 30.3 Å². The maximum Gasteiger partial charge on any atom is 0.242 e. The summed E-state index contributed by atoms with van der Waals surface area (Å²) in [7, 11) is 0. The van der Waals surface area contributed by atoms with E-state index < -0.39 is 23.8 Å². The summed E-state index contributed by atoms with van der Waals surface area (Å²) in [4.78, 5) is 22.6. The van der Waals surface area contributed by atoms with Crippen LogP contribution in [-0.4, -0.2) is 17.9 Å². The zero-order valence-electron chi connectivity index (χ0n) is 9.38. The SMILES string of the molecule is CC(NC(=O)C(C#N)c1ccccc1)C(N)=O. The number of nitriles is 1. The molecule has 1 rings (SSSR count). The molecule has 0 fully saturated rings. The average molecular weight is 231 g/mol.